The molecule has 0 aromatic rings. The van der Waals surface area contributed by atoms with Crippen LogP contribution in [-0.2, 0) is 0 Å². The third-order valence-corrected chi connectivity index (χ3v) is 8.97. The monoisotopic (exact) mass is 216 g/mol. The third kappa shape index (κ3) is 1.29. The highest BCUT2D eigenvalue weighted by molar-refractivity contribution is 6.86. The van der Waals surface area contributed by atoms with E-state index in [9.17, 15) is 13.2 Å². The van der Waals surface area contributed by atoms with E-state index in [0.29, 0.717) is 12.8 Å². The van der Waals surface area contributed by atoms with Crippen molar-refractivity contribution in [3.8, 4) is 0 Å². The Hall–Kier alpha value is 0.297. The molecule has 0 N–H and O–H groups in total. The molecule has 0 nitrogen and oxygen atoms in total. The first kappa shape index (κ1) is 10.4. The molecule has 72 valence electrons. The normalized spacial score (nSPS) is 22.5. The summed E-state index contributed by atoms with van der Waals surface area (Å²) in [6, 6.07) is 0. The Kier molecular flexibility index (Phi) is 2.28. The fourth-order valence-electron chi connectivity index (χ4n) is 1.60. The van der Waals surface area contributed by atoms with Crippen molar-refractivity contribution in [2.45, 2.75) is 37.2 Å². The van der Waals surface area contributed by atoms with Crippen molar-refractivity contribution in [1.82, 2.24) is 0 Å². The highest BCUT2D eigenvalue weighted by atomic mass is 35.5. The Balaban J connectivity index is 2.87. The summed E-state index contributed by atoms with van der Waals surface area (Å²) in [5, 5.41) is -1.36. The number of hydrogen-bond acceptors (Lipinski definition) is 0. The SMILES string of the molecule is C[Si](C)(CCl)C1(C(F)(F)F)CC1. The van der Waals surface area contributed by atoms with Crippen molar-refractivity contribution < 1.29 is 13.2 Å². The predicted octanol–water partition coefficient (Wildman–Crippen LogP) is 3.57. The van der Waals surface area contributed by atoms with Crippen LogP contribution in [0.3, 0.4) is 0 Å². The number of hydrogen-bond donors (Lipinski definition) is 0. The first-order chi connectivity index (χ1) is 5.27. The quantitative estimate of drug-likeness (QED) is 0.489. The van der Waals surface area contributed by atoms with E-state index in [1.54, 1.807) is 13.1 Å². The van der Waals surface area contributed by atoms with Crippen LogP contribution in [0.25, 0.3) is 0 Å². The second-order valence-electron chi connectivity index (χ2n) is 4.10. The molecular formula is C7H12ClF3Si. The van der Waals surface area contributed by atoms with Gasteiger partial charge in [-0.3, -0.25) is 0 Å². The van der Waals surface area contributed by atoms with Crippen LogP contribution in [0.4, 0.5) is 13.2 Å². The first-order valence-corrected chi connectivity index (χ1v) is 7.64. The maximum Gasteiger partial charge on any atom is 0.392 e. The van der Waals surface area contributed by atoms with Gasteiger partial charge in [-0.2, -0.15) is 13.2 Å². The van der Waals surface area contributed by atoms with Crippen molar-refractivity contribution >= 4 is 19.7 Å². The molecule has 0 unspecified atom stereocenters. The van der Waals surface area contributed by atoms with Gasteiger partial charge in [-0.15, -0.1) is 11.6 Å². The van der Waals surface area contributed by atoms with Gasteiger partial charge in [0, 0.05) is 5.50 Å². The molecule has 0 radical (unpaired) electrons. The first-order valence-electron chi connectivity index (χ1n) is 3.89. The molecule has 0 heterocycles. The predicted molar refractivity (Wildman–Crippen MR) is 46.2 cm³/mol. The Morgan fingerprint density at radius 2 is 1.75 bits per heavy atom. The molecule has 12 heavy (non-hydrogen) atoms. The minimum absolute atomic E-state index is 0.201. The van der Waals surface area contributed by atoms with E-state index < -0.39 is 19.3 Å². The van der Waals surface area contributed by atoms with Crippen molar-refractivity contribution in [3.63, 3.8) is 0 Å². The summed E-state index contributed by atoms with van der Waals surface area (Å²) in [5.74, 6) is 0. The summed E-state index contributed by atoms with van der Waals surface area (Å²) in [4.78, 5) is 0. The number of rotatable bonds is 2. The molecular weight excluding hydrogens is 205 g/mol. The van der Waals surface area contributed by atoms with E-state index in [1.807, 2.05) is 0 Å². The maximum atomic E-state index is 12.6. The topological polar surface area (TPSA) is 0 Å². The molecule has 0 bridgehead atoms. The van der Waals surface area contributed by atoms with E-state index >= 15 is 0 Å². The van der Waals surface area contributed by atoms with Gasteiger partial charge in [-0.25, -0.2) is 0 Å². The Bertz CT molecular complexity index is 184. The van der Waals surface area contributed by atoms with Crippen LogP contribution >= 0.6 is 11.6 Å². The number of halogens is 4. The molecule has 0 spiro atoms. The molecule has 0 atom stereocenters. The Morgan fingerprint density at radius 1 is 1.33 bits per heavy atom. The van der Waals surface area contributed by atoms with Crippen LogP contribution < -0.4 is 0 Å². The van der Waals surface area contributed by atoms with Crippen LogP contribution in [0.2, 0.25) is 18.1 Å². The lowest BCUT2D eigenvalue weighted by atomic mass is 10.4. The van der Waals surface area contributed by atoms with Gasteiger partial charge in [0.15, 0.2) is 0 Å². The average Bonchev–Trinajstić information content (AvgIpc) is 2.63. The van der Waals surface area contributed by atoms with E-state index in [-0.39, 0.29) is 5.50 Å². The second-order valence-corrected chi connectivity index (χ2v) is 9.89. The van der Waals surface area contributed by atoms with Crippen molar-refractivity contribution in [2.24, 2.45) is 0 Å². The van der Waals surface area contributed by atoms with Crippen LogP contribution in [0.1, 0.15) is 12.8 Å². The maximum absolute atomic E-state index is 12.6. The Morgan fingerprint density at radius 3 is 1.83 bits per heavy atom. The van der Waals surface area contributed by atoms with Crippen molar-refractivity contribution in [1.29, 1.82) is 0 Å². The van der Waals surface area contributed by atoms with Crippen molar-refractivity contribution in [3.05, 3.63) is 0 Å². The second kappa shape index (κ2) is 2.64. The minimum Gasteiger partial charge on any atom is -0.171 e. The third-order valence-electron chi connectivity index (χ3n) is 2.92. The summed E-state index contributed by atoms with van der Waals surface area (Å²) in [6.45, 7) is 3.45. The van der Waals surface area contributed by atoms with Crippen molar-refractivity contribution in [2.75, 3.05) is 5.50 Å². The van der Waals surface area contributed by atoms with Crippen LogP contribution in [0, 0.1) is 0 Å². The minimum atomic E-state index is -4.03. The molecule has 1 aliphatic rings. The average molecular weight is 217 g/mol. The molecule has 1 fully saturated rings. The van der Waals surface area contributed by atoms with Gasteiger partial charge in [0.2, 0.25) is 0 Å². The Labute approximate surface area is 76.1 Å². The van der Waals surface area contributed by atoms with Gasteiger partial charge >= 0.3 is 6.18 Å². The lowest BCUT2D eigenvalue weighted by Gasteiger charge is -2.32. The zero-order valence-electron chi connectivity index (χ0n) is 7.13. The van der Waals surface area contributed by atoms with E-state index in [2.05, 4.69) is 0 Å². The summed E-state index contributed by atoms with van der Waals surface area (Å²) >= 11 is 5.59. The zero-order chi connectivity index (χ0) is 9.62. The smallest absolute Gasteiger partial charge is 0.171 e. The summed E-state index contributed by atoms with van der Waals surface area (Å²) in [5.41, 5.74) is 0.201. The highest BCUT2D eigenvalue weighted by Crippen LogP contribution is 2.69. The fourth-order valence-corrected chi connectivity index (χ4v) is 4.87. The number of alkyl halides is 4. The lowest BCUT2D eigenvalue weighted by Crippen LogP contribution is -2.44. The van der Waals surface area contributed by atoms with Gasteiger partial charge in [-0.05, 0) is 12.8 Å². The molecule has 1 rings (SSSR count). The standard InChI is InChI=1S/C7H12ClF3Si/c1-12(2,5-8)6(3-4-6)7(9,10)11/h3-5H2,1-2H3. The highest BCUT2D eigenvalue weighted by Gasteiger charge is 2.70. The van der Waals surface area contributed by atoms with Gasteiger partial charge in [0.1, 0.15) is 0 Å². The summed E-state index contributed by atoms with van der Waals surface area (Å²) in [7, 11) is -2.29. The van der Waals surface area contributed by atoms with E-state index in [4.69, 9.17) is 11.6 Å². The molecule has 5 heteroatoms. The molecule has 0 aliphatic heterocycles. The van der Waals surface area contributed by atoms with Crippen LogP contribution in [0.15, 0.2) is 0 Å². The van der Waals surface area contributed by atoms with Gasteiger partial charge < -0.3 is 0 Å². The molecule has 0 saturated heterocycles. The lowest BCUT2D eigenvalue weighted by molar-refractivity contribution is -0.143. The van der Waals surface area contributed by atoms with Crippen LogP contribution in [-0.4, -0.2) is 19.8 Å². The van der Waals surface area contributed by atoms with Crippen LogP contribution in [0.5, 0.6) is 0 Å². The largest absolute Gasteiger partial charge is 0.392 e. The molecule has 1 aliphatic carbocycles. The summed E-state index contributed by atoms with van der Waals surface area (Å²) < 4.78 is 37.7. The van der Waals surface area contributed by atoms with Gasteiger partial charge in [-0.1, -0.05) is 13.1 Å². The van der Waals surface area contributed by atoms with Gasteiger partial charge in [0.25, 0.3) is 0 Å². The molecule has 0 amide bonds. The molecule has 0 aromatic carbocycles. The van der Waals surface area contributed by atoms with Gasteiger partial charge in [0.05, 0.1) is 13.1 Å². The van der Waals surface area contributed by atoms with E-state index in [0.717, 1.165) is 0 Å². The fraction of sp³-hybridized carbons (Fsp3) is 1.00. The molecule has 1 saturated carbocycles. The van der Waals surface area contributed by atoms with E-state index in [1.165, 1.54) is 0 Å². The summed E-state index contributed by atoms with van der Waals surface area (Å²) in [6.07, 6.45) is -3.44. The zero-order valence-corrected chi connectivity index (χ0v) is 8.89. The molecule has 0 aromatic heterocycles.